The Bertz CT molecular complexity index is 109. The molecular weight excluding hydrogens is 128 g/mol. The van der Waals surface area contributed by atoms with Crippen LogP contribution in [-0.4, -0.2) is 36.8 Å². The van der Waals surface area contributed by atoms with Crippen LogP contribution < -0.4 is 0 Å². The van der Waals surface area contributed by atoms with Crippen molar-refractivity contribution in [2.24, 2.45) is 0 Å². The molecule has 0 amide bonds. The molecule has 0 fully saturated rings. The second-order valence-electron chi connectivity index (χ2n) is 2.29. The highest BCUT2D eigenvalue weighted by Crippen LogP contribution is 1.87. The molecule has 0 radical (unpaired) electrons. The molecule has 0 heterocycles. The largest absolute Gasteiger partial charge is 0.396 e. The first-order valence-electron chi connectivity index (χ1n) is 3.47. The molecule has 0 saturated carbocycles. The minimum Gasteiger partial charge on any atom is -0.396 e. The van der Waals surface area contributed by atoms with Crippen molar-refractivity contribution in [3.63, 3.8) is 0 Å². The van der Waals surface area contributed by atoms with Crippen LogP contribution in [0, 0.1) is 11.3 Å². The third kappa shape index (κ3) is 5.54. The van der Waals surface area contributed by atoms with Gasteiger partial charge in [0.1, 0.15) is 0 Å². The van der Waals surface area contributed by atoms with Crippen LogP contribution in [0.1, 0.15) is 12.8 Å². The summed E-state index contributed by atoms with van der Waals surface area (Å²) in [5, 5.41) is 16.7. The second-order valence-corrected chi connectivity index (χ2v) is 2.29. The molecule has 3 heteroatoms. The number of aliphatic hydroxyl groups excluding tert-OH is 1. The van der Waals surface area contributed by atoms with Crippen LogP contribution >= 0.6 is 0 Å². The van der Waals surface area contributed by atoms with Crippen LogP contribution in [0.5, 0.6) is 0 Å². The van der Waals surface area contributed by atoms with E-state index in [1.807, 2.05) is 11.9 Å². The average Bonchev–Trinajstić information content (AvgIpc) is 1.97. The zero-order valence-corrected chi connectivity index (χ0v) is 6.38. The number of nitrogens with zero attached hydrogens (tertiary/aromatic N) is 2. The van der Waals surface area contributed by atoms with Crippen LogP contribution in [0.2, 0.25) is 0 Å². The van der Waals surface area contributed by atoms with E-state index < -0.39 is 0 Å². The third-order valence-electron chi connectivity index (χ3n) is 1.30. The highest BCUT2D eigenvalue weighted by Gasteiger charge is 1.94. The molecule has 0 spiro atoms. The second kappa shape index (κ2) is 6.53. The van der Waals surface area contributed by atoms with E-state index >= 15 is 0 Å². The monoisotopic (exact) mass is 142 g/mol. The first-order valence-corrected chi connectivity index (χ1v) is 3.47. The lowest BCUT2D eigenvalue weighted by Gasteiger charge is -2.12. The van der Waals surface area contributed by atoms with Gasteiger partial charge in [-0.1, -0.05) is 0 Å². The van der Waals surface area contributed by atoms with E-state index in [2.05, 4.69) is 6.07 Å². The molecule has 0 rings (SSSR count). The maximum absolute atomic E-state index is 8.45. The number of aliphatic hydroxyl groups is 1. The van der Waals surface area contributed by atoms with Crippen molar-refractivity contribution < 1.29 is 5.11 Å². The summed E-state index contributed by atoms with van der Waals surface area (Å²) in [5.41, 5.74) is 0. The summed E-state index contributed by atoms with van der Waals surface area (Å²) in [4.78, 5) is 2.04. The summed E-state index contributed by atoms with van der Waals surface area (Å²) in [6.45, 7) is 1.91. The van der Waals surface area contributed by atoms with E-state index in [9.17, 15) is 0 Å². The molecule has 0 atom stereocenters. The van der Waals surface area contributed by atoms with E-state index in [-0.39, 0.29) is 6.61 Å². The minimum absolute atomic E-state index is 0.233. The Labute approximate surface area is 61.9 Å². The van der Waals surface area contributed by atoms with Gasteiger partial charge in [-0.15, -0.1) is 0 Å². The van der Waals surface area contributed by atoms with Gasteiger partial charge in [0, 0.05) is 26.1 Å². The fourth-order valence-electron chi connectivity index (χ4n) is 0.693. The van der Waals surface area contributed by atoms with Gasteiger partial charge in [-0.25, -0.2) is 0 Å². The molecule has 0 saturated heterocycles. The molecule has 0 aliphatic heterocycles. The zero-order chi connectivity index (χ0) is 7.82. The van der Waals surface area contributed by atoms with Crippen molar-refractivity contribution in [2.75, 3.05) is 26.7 Å². The SMILES string of the molecule is CN(CCC#N)CCCO. The highest BCUT2D eigenvalue weighted by atomic mass is 16.3. The van der Waals surface area contributed by atoms with Crippen LogP contribution in [0.15, 0.2) is 0 Å². The number of nitriles is 1. The molecule has 0 aromatic carbocycles. The maximum Gasteiger partial charge on any atom is 0.0635 e. The molecule has 0 bridgehead atoms. The van der Waals surface area contributed by atoms with Gasteiger partial charge < -0.3 is 10.0 Å². The van der Waals surface area contributed by atoms with Gasteiger partial charge in [-0.05, 0) is 13.5 Å². The number of rotatable bonds is 5. The smallest absolute Gasteiger partial charge is 0.0635 e. The van der Waals surface area contributed by atoms with Gasteiger partial charge >= 0.3 is 0 Å². The summed E-state index contributed by atoms with van der Waals surface area (Å²) in [5.74, 6) is 0. The average molecular weight is 142 g/mol. The van der Waals surface area contributed by atoms with Crippen molar-refractivity contribution >= 4 is 0 Å². The van der Waals surface area contributed by atoms with E-state index in [0.29, 0.717) is 6.42 Å². The summed E-state index contributed by atoms with van der Waals surface area (Å²) in [6, 6.07) is 2.07. The van der Waals surface area contributed by atoms with Crippen LogP contribution in [-0.2, 0) is 0 Å². The van der Waals surface area contributed by atoms with E-state index in [1.165, 1.54) is 0 Å². The van der Waals surface area contributed by atoms with Gasteiger partial charge in [-0.3, -0.25) is 0 Å². The number of hydrogen-bond donors (Lipinski definition) is 1. The maximum atomic E-state index is 8.45. The van der Waals surface area contributed by atoms with E-state index in [0.717, 1.165) is 19.5 Å². The van der Waals surface area contributed by atoms with Crippen LogP contribution in [0.3, 0.4) is 0 Å². The molecular formula is C7H14N2O. The van der Waals surface area contributed by atoms with E-state index in [1.54, 1.807) is 0 Å². The standard InChI is InChI=1S/C7H14N2O/c1-9(5-2-4-8)6-3-7-10/h10H,2-3,5-7H2,1H3. The Hall–Kier alpha value is -0.590. The molecule has 0 aliphatic carbocycles. The molecule has 0 aromatic rings. The van der Waals surface area contributed by atoms with Crippen molar-refractivity contribution in [2.45, 2.75) is 12.8 Å². The lowest BCUT2D eigenvalue weighted by Crippen LogP contribution is -2.21. The predicted molar refractivity (Wildman–Crippen MR) is 39.4 cm³/mol. The van der Waals surface area contributed by atoms with Crippen molar-refractivity contribution in [3.05, 3.63) is 0 Å². The van der Waals surface area contributed by atoms with Gasteiger partial charge in [0.15, 0.2) is 0 Å². The summed E-state index contributed by atoms with van der Waals surface area (Å²) in [7, 11) is 1.95. The Morgan fingerprint density at radius 1 is 1.50 bits per heavy atom. The fraction of sp³-hybridized carbons (Fsp3) is 0.857. The Morgan fingerprint density at radius 3 is 2.70 bits per heavy atom. The first-order chi connectivity index (χ1) is 4.81. The van der Waals surface area contributed by atoms with Gasteiger partial charge in [-0.2, -0.15) is 5.26 Å². The van der Waals surface area contributed by atoms with Crippen molar-refractivity contribution in [1.29, 1.82) is 5.26 Å². The Kier molecular flexibility index (Phi) is 6.14. The third-order valence-corrected chi connectivity index (χ3v) is 1.30. The molecule has 1 N–H and O–H groups in total. The number of hydrogen-bond acceptors (Lipinski definition) is 3. The molecule has 0 unspecified atom stereocenters. The summed E-state index contributed by atoms with van der Waals surface area (Å²) >= 11 is 0. The lowest BCUT2D eigenvalue weighted by atomic mass is 10.4. The highest BCUT2D eigenvalue weighted by molar-refractivity contribution is 4.70. The van der Waals surface area contributed by atoms with Crippen molar-refractivity contribution in [3.8, 4) is 6.07 Å². The molecule has 10 heavy (non-hydrogen) atoms. The first kappa shape index (κ1) is 9.41. The Morgan fingerprint density at radius 2 is 2.20 bits per heavy atom. The summed E-state index contributed by atoms with van der Waals surface area (Å²) < 4.78 is 0. The van der Waals surface area contributed by atoms with E-state index in [4.69, 9.17) is 10.4 Å². The zero-order valence-electron chi connectivity index (χ0n) is 6.38. The summed E-state index contributed by atoms with van der Waals surface area (Å²) in [6.07, 6.45) is 1.36. The minimum atomic E-state index is 0.233. The van der Waals surface area contributed by atoms with Crippen LogP contribution in [0.25, 0.3) is 0 Å². The quantitative estimate of drug-likeness (QED) is 0.597. The molecule has 0 aliphatic rings. The van der Waals surface area contributed by atoms with Crippen molar-refractivity contribution in [1.82, 2.24) is 4.90 Å². The molecule has 0 aromatic heterocycles. The topological polar surface area (TPSA) is 47.3 Å². The van der Waals surface area contributed by atoms with Crippen LogP contribution in [0.4, 0.5) is 0 Å². The van der Waals surface area contributed by atoms with Gasteiger partial charge in [0.25, 0.3) is 0 Å². The Balaban J connectivity index is 3.10. The van der Waals surface area contributed by atoms with Gasteiger partial charge in [0.05, 0.1) is 6.07 Å². The van der Waals surface area contributed by atoms with Gasteiger partial charge in [0.2, 0.25) is 0 Å². The molecule has 58 valence electrons. The molecule has 3 nitrogen and oxygen atoms in total. The predicted octanol–water partition coefficient (Wildman–Crippen LogP) is 0.214. The fourth-order valence-corrected chi connectivity index (χ4v) is 0.693. The normalized spacial score (nSPS) is 9.80. The lowest BCUT2D eigenvalue weighted by molar-refractivity contribution is 0.249.